The van der Waals surface area contributed by atoms with Gasteiger partial charge in [0.15, 0.2) is 0 Å². The first kappa shape index (κ1) is 13.0. The predicted molar refractivity (Wildman–Crippen MR) is 57.9 cm³/mol. The second kappa shape index (κ2) is 5.30. The molecule has 2 aliphatic rings. The Morgan fingerprint density at radius 3 is 2.12 bits per heavy atom. The number of carboxylic acid groups (broad SMARTS) is 1. The zero-order chi connectivity index (χ0) is 12.3. The van der Waals surface area contributed by atoms with Crippen molar-refractivity contribution in [1.29, 1.82) is 0 Å². The predicted octanol–water partition coefficient (Wildman–Crippen LogP) is 0.637. The molecule has 5 nitrogen and oxygen atoms in total. The normalized spacial score (nSPS) is 35.2. The molecule has 2 saturated heterocycles. The minimum absolute atomic E-state index is 0.193. The van der Waals surface area contributed by atoms with E-state index >= 15 is 0 Å². The fourth-order valence-corrected chi connectivity index (χ4v) is 2.49. The second-order valence-electron chi connectivity index (χ2n) is 3.79. The van der Waals surface area contributed by atoms with E-state index in [0.717, 1.165) is 12.8 Å². The van der Waals surface area contributed by atoms with E-state index in [1.54, 1.807) is 0 Å². The third-order valence-electron chi connectivity index (χ3n) is 3.11. The molecule has 4 unspecified atom stereocenters. The van der Waals surface area contributed by atoms with Crippen LogP contribution < -0.4 is 5.32 Å². The van der Waals surface area contributed by atoms with Gasteiger partial charge >= 0.3 is 5.97 Å². The number of amides is 1. The highest BCUT2D eigenvalue weighted by Crippen LogP contribution is 2.43. The number of fused-ring (bicyclic) bond motifs is 2. The van der Waals surface area contributed by atoms with Crippen LogP contribution in [0.2, 0.25) is 0 Å². The summed E-state index contributed by atoms with van der Waals surface area (Å²) in [6, 6.07) is 0. The Labute approximate surface area is 95.2 Å². The van der Waals surface area contributed by atoms with Gasteiger partial charge in [0.1, 0.15) is 0 Å². The quantitative estimate of drug-likeness (QED) is 0.728. The largest absolute Gasteiger partial charge is 0.481 e. The van der Waals surface area contributed by atoms with Crippen molar-refractivity contribution in [3.63, 3.8) is 0 Å². The molecule has 5 heteroatoms. The molecule has 0 aromatic rings. The van der Waals surface area contributed by atoms with E-state index in [2.05, 4.69) is 5.32 Å². The molecule has 2 bridgehead atoms. The lowest BCUT2D eigenvalue weighted by molar-refractivity contribution is -0.147. The van der Waals surface area contributed by atoms with Crippen molar-refractivity contribution >= 4 is 11.9 Å². The lowest BCUT2D eigenvalue weighted by Crippen LogP contribution is -2.42. The van der Waals surface area contributed by atoms with Crippen molar-refractivity contribution in [3.8, 4) is 0 Å². The molecule has 2 rings (SSSR count). The fraction of sp³-hybridized carbons (Fsp3) is 0.818. The van der Waals surface area contributed by atoms with E-state index in [1.807, 2.05) is 13.8 Å². The first-order valence-electron chi connectivity index (χ1n) is 5.75. The maximum atomic E-state index is 11.5. The summed E-state index contributed by atoms with van der Waals surface area (Å²) >= 11 is 0. The molecule has 0 aromatic carbocycles. The van der Waals surface area contributed by atoms with Crippen LogP contribution in [0.25, 0.3) is 0 Å². The fourth-order valence-electron chi connectivity index (χ4n) is 2.49. The first-order chi connectivity index (χ1) is 7.65. The van der Waals surface area contributed by atoms with Crippen LogP contribution in [0.4, 0.5) is 0 Å². The summed E-state index contributed by atoms with van der Waals surface area (Å²) in [5, 5.41) is 11.5. The van der Waals surface area contributed by atoms with Gasteiger partial charge in [-0.2, -0.15) is 0 Å². The average Bonchev–Trinajstić information content (AvgIpc) is 2.90. The van der Waals surface area contributed by atoms with Gasteiger partial charge in [-0.15, -0.1) is 0 Å². The zero-order valence-corrected chi connectivity index (χ0v) is 9.90. The Hall–Kier alpha value is -1.10. The van der Waals surface area contributed by atoms with Gasteiger partial charge < -0.3 is 15.2 Å². The van der Waals surface area contributed by atoms with Crippen LogP contribution in [-0.4, -0.2) is 36.2 Å². The van der Waals surface area contributed by atoms with Crippen molar-refractivity contribution in [2.75, 3.05) is 7.05 Å². The van der Waals surface area contributed by atoms with Gasteiger partial charge in [-0.25, -0.2) is 0 Å². The summed E-state index contributed by atoms with van der Waals surface area (Å²) in [5.41, 5.74) is 0. The van der Waals surface area contributed by atoms with Crippen LogP contribution in [-0.2, 0) is 14.3 Å². The maximum Gasteiger partial charge on any atom is 0.310 e. The number of nitrogens with one attached hydrogen (secondary N) is 1. The van der Waals surface area contributed by atoms with E-state index in [1.165, 1.54) is 7.05 Å². The third-order valence-corrected chi connectivity index (χ3v) is 3.11. The molecular weight excluding hydrogens is 210 g/mol. The average molecular weight is 229 g/mol. The molecule has 0 spiro atoms. The summed E-state index contributed by atoms with van der Waals surface area (Å²) < 4.78 is 5.44. The van der Waals surface area contributed by atoms with E-state index in [0.29, 0.717) is 0 Å². The maximum absolute atomic E-state index is 11.5. The molecule has 2 heterocycles. The number of ether oxygens (including phenoxy) is 1. The van der Waals surface area contributed by atoms with E-state index in [-0.39, 0.29) is 18.1 Å². The molecule has 2 N–H and O–H groups in total. The lowest BCUT2D eigenvalue weighted by atomic mass is 9.79. The van der Waals surface area contributed by atoms with Crippen molar-refractivity contribution < 1.29 is 19.4 Å². The molecule has 1 amide bonds. The highest BCUT2D eigenvalue weighted by molar-refractivity contribution is 5.86. The number of aliphatic carboxylic acids is 1. The van der Waals surface area contributed by atoms with Crippen LogP contribution in [0.15, 0.2) is 0 Å². The number of carbonyl (C=O) groups excluding carboxylic acids is 1. The Balaban J connectivity index is 0.000000606. The number of hydrogen-bond donors (Lipinski definition) is 2. The molecule has 2 aliphatic heterocycles. The van der Waals surface area contributed by atoms with Crippen molar-refractivity contribution in [2.45, 2.75) is 38.9 Å². The summed E-state index contributed by atoms with van der Waals surface area (Å²) in [6.45, 7) is 4.00. The molecule has 2 fully saturated rings. The smallest absolute Gasteiger partial charge is 0.310 e. The minimum atomic E-state index is -0.925. The SMILES string of the molecule is CC.CNC(=O)C1C2CCC(O2)C1C(=O)O. The molecule has 0 radical (unpaired) electrons. The summed E-state index contributed by atoms with van der Waals surface area (Å²) in [4.78, 5) is 22.4. The minimum Gasteiger partial charge on any atom is -0.481 e. The van der Waals surface area contributed by atoms with Crippen LogP contribution in [0.5, 0.6) is 0 Å². The topological polar surface area (TPSA) is 75.6 Å². The highest BCUT2D eigenvalue weighted by Gasteiger charge is 2.55. The van der Waals surface area contributed by atoms with Crippen molar-refractivity contribution in [1.82, 2.24) is 5.32 Å². The van der Waals surface area contributed by atoms with E-state index < -0.39 is 17.8 Å². The van der Waals surface area contributed by atoms with Gasteiger partial charge in [0, 0.05) is 7.05 Å². The Morgan fingerprint density at radius 2 is 1.69 bits per heavy atom. The summed E-state index contributed by atoms with van der Waals surface area (Å²) in [7, 11) is 1.52. The zero-order valence-electron chi connectivity index (χ0n) is 9.90. The van der Waals surface area contributed by atoms with Gasteiger partial charge in [-0.1, -0.05) is 13.8 Å². The Bertz CT molecular complexity index is 279. The highest BCUT2D eigenvalue weighted by atomic mass is 16.5. The van der Waals surface area contributed by atoms with Gasteiger partial charge in [-0.05, 0) is 12.8 Å². The van der Waals surface area contributed by atoms with Gasteiger partial charge in [0.25, 0.3) is 0 Å². The number of carbonyl (C=O) groups is 2. The van der Waals surface area contributed by atoms with Gasteiger partial charge in [0.05, 0.1) is 24.0 Å². The molecule has 16 heavy (non-hydrogen) atoms. The summed E-state index contributed by atoms with van der Waals surface area (Å²) in [5.74, 6) is -2.31. The van der Waals surface area contributed by atoms with Crippen LogP contribution in [0.3, 0.4) is 0 Å². The first-order valence-corrected chi connectivity index (χ1v) is 5.75. The standard InChI is InChI=1S/C9H13NO4.C2H6/c1-10-8(11)6-4-2-3-5(14-4)7(6)9(12)13;1-2/h4-7H,2-3H2,1H3,(H,10,11)(H,12,13);1-2H3. The van der Waals surface area contributed by atoms with E-state index in [4.69, 9.17) is 9.84 Å². The molecular formula is C11H19NO4. The van der Waals surface area contributed by atoms with Crippen LogP contribution in [0.1, 0.15) is 26.7 Å². The Kier molecular flexibility index (Phi) is 4.29. The number of carboxylic acids is 1. The second-order valence-corrected chi connectivity index (χ2v) is 3.79. The van der Waals surface area contributed by atoms with Crippen molar-refractivity contribution in [3.05, 3.63) is 0 Å². The number of rotatable bonds is 2. The monoisotopic (exact) mass is 229 g/mol. The lowest BCUT2D eigenvalue weighted by Gasteiger charge is -2.22. The molecule has 0 aromatic heterocycles. The van der Waals surface area contributed by atoms with Gasteiger partial charge in [0.2, 0.25) is 5.91 Å². The van der Waals surface area contributed by atoms with Crippen LogP contribution >= 0.6 is 0 Å². The third kappa shape index (κ3) is 2.04. The molecule has 0 saturated carbocycles. The number of hydrogen-bond acceptors (Lipinski definition) is 3. The molecule has 4 atom stereocenters. The van der Waals surface area contributed by atoms with Crippen LogP contribution in [0, 0.1) is 11.8 Å². The van der Waals surface area contributed by atoms with Crippen molar-refractivity contribution in [2.24, 2.45) is 11.8 Å². The molecule has 92 valence electrons. The van der Waals surface area contributed by atoms with E-state index in [9.17, 15) is 9.59 Å². The Morgan fingerprint density at radius 1 is 1.19 bits per heavy atom. The van der Waals surface area contributed by atoms with Gasteiger partial charge in [-0.3, -0.25) is 9.59 Å². The summed E-state index contributed by atoms with van der Waals surface area (Å²) in [6.07, 6.45) is 1.10. The molecule has 0 aliphatic carbocycles.